The van der Waals surface area contributed by atoms with E-state index in [1.807, 2.05) is 0 Å². The Morgan fingerprint density at radius 3 is 2.00 bits per heavy atom. The minimum atomic E-state index is -1.49. The quantitative estimate of drug-likeness (QED) is 0.253. The average Bonchev–Trinajstić information content (AvgIpc) is 2.85. The van der Waals surface area contributed by atoms with Crippen LogP contribution in [0.1, 0.15) is 76.2 Å². The van der Waals surface area contributed by atoms with Gasteiger partial charge in [-0.1, -0.05) is 63.3 Å². The Labute approximate surface area is 194 Å². The van der Waals surface area contributed by atoms with Crippen molar-refractivity contribution in [3.05, 3.63) is 71.8 Å². The molecule has 0 radical (unpaired) electrons. The van der Waals surface area contributed by atoms with E-state index in [4.69, 9.17) is 0 Å². The lowest BCUT2D eigenvalue weighted by atomic mass is 9.77. The minimum absolute atomic E-state index is 0.106. The second kappa shape index (κ2) is 11.0. The van der Waals surface area contributed by atoms with Crippen LogP contribution in [-0.4, -0.2) is 9.97 Å². The molecular formula is C28H31F3N2. The van der Waals surface area contributed by atoms with Gasteiger partial charge in [-0.2, -0.15) is 0 Å². The van der Waals surface area contributed by atoms with Crippen LogP contribution in [0.15, 0.2) is 48.8 Å². The monoisotopic (exact) mass is 452 g/mol. The smallest absolute Gasteiger partial charge is 0.194 e. The predicted octanol–water partition coefficient (Wildman–Crippen LogP) is 8.47. The Hall–Kier alpha value is -2.69. The molecule has 174 valence electrons. The summed E-state index contributed by atoms with van der Waals surface area (Å²) in [5, 5.41) is 0. The van der Waals surface area contributed by atoms with Gasteiger partial charge in [0.25, 0.3) is 0 Å². The van der Waals surface area contributed by atoms with Gasteiger partial charge in [0.1, 0.15) is 0 Å². The third-order valence-electron chi connectivity index (χ3n) is 6.92. The second-order valence-corrected chi connectivity index (χ2v) is 9.24. The largest absolute Gasteiger partial charge is 0.236 e. The number of halogens is 3. The van der Waals surface area contributed by atoms with Crippen LogP contribution in [-0.2, 0) is 0 Å². The molecule has 0 spiro atoms. The number of aromatic nitrogens is 2. The van der Waals surface area contributed by atoms with Crippen molar-refractivity contribution < 1.29 is 13.2 Å². The summed E-state index contributed by atoms with van der Waals surface area (Å²) in [7, 11) is 0. The average molecular weight is 453 g/mol. The molecule has 1 fully saturated rings. The van der Waals surface area contributed by atoms with Gasteiger partial charge < -0.3 is 0 Å². The molecule has 0 unspecified atom stereocenters. The van der Waals surface area contributed by atoms with Gasteiger partial charge in [0, 0.05) is 23.5 Å². The van der Waals surface area contributed by atoms with E-state index in [0.717, 1.165) is 29.2 Å². The fourth-order valence-corrected chi connectivity index (χ4v) is 4.90. The Bertz CT molecular complexity index is 1020. The van der Waals surface area contributed by atoms with Gasteiger partial charge in [0.05, 0.1) is 0 Å². The Morgan fingerprint density at radius 1 is 0.758 bits per heavy atom. The fourth-order valence-electron chi connectivity index (χ4n) is 4.90. The zero-order chi connectivity index (χ0) is 23.2. The number of unbranched alkanes of at least 4 members (excludes halogenated alkanes) is 3. The lowest BCUT2D eigenvalue weighted by Gasteiger charge is -2.29. The molecule has 0 bridgehead atoms. The van der Waals surface area contributed by atoms with Crippen molar-refractivity contribution in [3.63, 3.8) is 0 Å². The van der Waals surface area contributed by atoms with Crippen LogP contribution >= 0.6 is 0 Å². The van der Waals surface area contributed by atoms with Gasteiger partial charge >= 0.3 is 0 Å². The van der Waals surface area contributed by atoms with Crippen molar-refractivity contribution in [1.29, 1.82) is 0 Å². The van der Waals surface area contributed by atoms with Gasteiger partial charge in [-0.15, -0.1) is 0 Å². The van der Waals surface area contributed by atoms with Crippen LogP contribution < -0.4 is 0 Å². The topological polar surface area (TPSA) is 25.8 Å². The van der Waals surface area contributed by atoms with Gasteiger partial charge in [-0.25, -0.2) is 23.1 Å². The van der Waals surface area contributed by atoms with Crippen molar-refractivity contribution in [2.45, 2.75) is 70.6 Å². The standard InChI is InChI=1S/C28H31F3N2/c1-2-3-4-5-6-19-7-9-20(10-8-19)21-11-13-22(14-12-21)24-17-32-28(33-18-24)23-15-25(29)27(31)26(30)16-23/h11-20H,2-10H2,1H3/t19-,20-. The van der Waals surface area contributed by atoms with E-state index in [0.29, 0.717) is 5.92 Å². The molecule has 0 amide bonds. The van der Waals surface area contributed by atoms with Crippen molar-refractivity contribution in [1.82, 2.24) is 9.97 Å². The zero-order valence-electron chi connectivity index (χ0n) is 19.2. The Kier molecular flexibility index (Phi) is 7.79. The summed E-state index contributed by atoms with van der Waals surface area (Å²) in [5.74, 6) is -2.31. The molecular weight excluding hydrogens is 421 g/mol. The van der Waals surface area contributed by atoms with E-state index in [9.17, 15) is 13.2 Å². The predicted molar refractivity (Wildman–Crippen MR) is 126 cm³/mol. The Balaban J connectivity index is 1.36. The third kappa shape index (κ3) is 5.82. The SMILES string of the molecule is CCCCCC[C@H]1CC[C@H](c2ccc(-c3cnc(-c4cc(F)c(F)c(F)c4)nc3)cc2)CC1. The highest BCUT2D eigenvalue weighted by Crippen LogP contribution is 2.38. The first-order valence-electron chi connectivity index (χ1n) is 12.1. The molecule has 2 aromatic carbocycles. The molecule has 0 N–H and O–H groups in total. The van der Waals surface area contributed by atoms with E-state index in [1.54, 1.807) is 12.4 Å². The van der Waals surface area contributed by atoms with E-state index in [-0.39, 0.29) is 11.4 Å². The van der Waals surface area contributed by atoms with Crippen LogP contribution in [0.3, 0.4) is 0 Å². The molecule has 1 aromatic heterocycles. The van der Waals surface area contributed by atoms with Crippen molar-refractivity contribution in [2.24, 2.45) is 5.92 Å². The van der Waals surface area contributed by atoms with Crippen LogP contribution in [0.5, 0.6) is 0 Å². The zero-order valence-corrected chi connectivity index (χ0v) is 19.2. The van der Waals surface area contributed by atoms with Crippen LogP contribution in [0.25, 0.3) is 22.5 Å². The van der Waals surface area contributed by atoms with Gasteiger partial charge in [-0.05, 0) is 60.8 Å². The van der Waals surface area contributed by atoms with E-state index < -0.39 is 17.5 Å². The first kappa shape index (κ1) is 23.5. The summed E-state index contributed by atoms with van der Waals surface area (Å²) in [6, 6.07) is 10.4. The summed E-state index contributed by atoms with van der Waals surface area (Å²) in [4.78, 5) is 8.45. The van der Waals surface area contributed by atoms with E-state index in [2.05, 4.69) is 41.2 Å². The van der Waals surface area contributed by atoms with Crippen molar-refractivity contribution >= 4 is 0 Å². The molecule has 1 heterocycles. The Morgan fingerprint density at radius 2 is 1.39 bits per heavy atom. The van der Waals surface area contributed by atoms with Crippen LogP contribution in [0.2, 0.25) is 0 Å². The third-order valence-corrected chi connectivity index (χ3v) is 6.92. The molecule has 4 rings (SSSR count). The fraction of sp³-hybridized carbons (Fsp3) is 0.429. The van der Waals surface area contributed by atoms with Crippen LogP contribution in [0.4, 0.5) is 13.2 Å². The lowest BCUT2D eigenvalue weighted by molar-refractivity contribution is 0.302. The first-order chi connectivity index (χ1) is 16.0. The molecule has 1 saturated carbocycles. The number of nitrogens with zero attached hydrogens (tertiary/aromatic N) is 2. The molecule has 3 aromatic rings. The number of rotatable bonds is 8. The summed E-state index contributed by atoms with van der Waals surface area (Å²) < 4.78 is 40.2. The number of benzene rings is 2. The molecule has 33 heavy (non-hydrogen) atoms. The normalized spacial score (nSPS) is 18.4. The maximum Gasteiger partial charge on any atom is 0.194 e. The lowest BCUT2D eigenvalue weighted by Crippen LogP contribution is -2.13. The summed E-state index contributed by atoms with van der Waals surface area (Å²) in [5.41, 5.74) is 3.31. The molecule has 0 saturated heterocycles. The summed E-state index contributed by atoms with van der Waals surface area (Å²) in [6.07, 6.45) is 15.2. The first-order valence-corrected chi connectivity index (χ1v) is 12.1. The summed E-state index contributed by atoms with van der Waals surface area (Å²) >= 11 is 0. The molecule has 2 nitrogen and oxygen atoms in total. The van der Waals surface area contributed by atoms with Crippen molar-refractivity contribution in [2.75, 3.05) is 0 Å². The molecule has 1 aliphatic carbocycles. The summed E-state index contributed by atoms with van der Waals surface area (Å²) in [6.45, 7) is 2.26. The second-order valence-electron chi connectivity index (χ2n) is 9.24. The van der Waals surface area contributed by atoms with Gasteiger partial charge in [0.2, 0.25) is 0 Å². The highest BCUT2D eigenvalue weighted by molar-refractivity contribution is 5.64. The highest BCUT2D eigenvalue weighted by atomic mass is 19.2. The van der Waals surface area contributed by atoms with Gasteiger partial charge in [-0.3, -0.25) is 0 Å². The minimum Gasteiger partial charge on any atom is -0.236 e. The molecule has 0 aliphatic heterocycles. The number of hydrogen-bond acceptors (Lipinski definition) is 2. The molecule has 5 heteroatoms. The maximum atomic E-state index is 13.5. The van der Waals surface area contributed by atoms with E-state index in [1.165, 1.54) is 63.4 Å². The molecule has 0 atom stereocenters. The van der Waals surface area contributed by atoms with Crippen molar-refractivity contribution in [3.8, 4) is 22.5 Å². The number of hydrogen-bond donors (Lipinski definition) is 0. The van der Waals surface area contributed by atoms with Gasteiger partial charge in [0.15, 0.2) is 23.3 Å². The van der Waals surface area contributed by atoms with E-state index >= 15 is 0 Å². The maximum absolute atomic E-state index is 13.5. The van der Waals surface area contributed by atoms with Crippen LogP contribution in [0, 0.1) is 23.4 Å². The molecule has 1 aliphatic rings. The highest BCUT2D eigenvalue weighted by Gasteiger charge is 2.22.